The van der Waals surface area contributed by atoms with E-state index in [0.717, 1.165) is 6.33 Å². The Morgan fingerprint density at radius 1 is 1.50 bits per heavy atom. The van der Waals surface area contributed by atoms with Crippen LogP contribution < -0.4 is 4.74 Å². The van der Waals surface area contributed by atoms with Crippen LogP contribution in [0.5, 0.6) is 5.88 Å². The summed E-state index contributed by atoms with van der Waals surface area (Å²) >= 11 is 5.65. The number of hydrogen-bond donors (Lipinski definition) is 0. The number of hydrogen-bond acceptors (Lipinski definition) is 6. The molecule has 100 valence electrons. The Morgan fingerprint density at radius 2 is 2.11 bits per heavy atom. The van der Waals surface area contributed by atoms with Gasteiger partial charge in [0.25, 0.3) is 5.88 Å². The maximum atomic E-state index is 10.9. The van der Waals surface area contributed by atoms with Gasteiger partial charge in [-0.2, -0.15) is 4.98 Å². The second-order valence-corrected chi connectivity index (χ2v) is 4.93. The average Bonchev–Trinajstić information content (AvgIpc) is 2.25. The topological polar surface area (TPSA) is 81.4 Å². The molecule has 1 aromatic rings. The normalized spacial score (nSPS) is 11.7. The summed E-state index contributed by atoms with van der Waals surface area (Å²) in [6.07, 6.45) is 1.13. The van der Waals surface area contributed by atoms with E-state index in [1.54, 1.807) is 0 Å². The van der Waals surface area contributed by atoms with Gasteiger partial charge in [0.2, 0.25) is 5.15 Å². The summed E-state index contributed by atoms with van der Waals surface area (Å²) in [5.41, 5.74) is -0.695. The molecule has 0 aliphatic carbocycles. The highest BCUT2D eigenvalue weighted by atomic mass is 35.5. The first-order valence-corrected chi connectivity index (χ1v) is 5.58. The average molecular weight is 275 g/mol. The molecule has 0 aliphatic heterocycles. The van der Waals surface area contributed by atoms with Crippen LogP contribution >= 0.6 is 11.6 Å². The Labute approximate surface area is 110 Å². The van der Waals surface area contributed by atoms with Crippen molar-refractivity contribution in [1.82, 2.24) is 14.9 Å². The third-order valence-electron chi connectivity index (χ3n) is 2.70. The molecule has 0 saturated heterocycles. The molecule has 0 fully saturated rings. The van der Waals surface area contributed by atoms with Crippen molar-refractivity contribution >= 4 is 17.3 Å². The lowest BCUT2D eigenvalue weighted by atomic mass is 10.1. The monoisotopic (exact) mass is 274 g/mol. The minimum absolute atomic E-state index is 0.116. The molecule has 7 nitrogen and oxygen atoms in total. The van der Waals surface area contributed by atoms with Gasteiger partial charge in [0.15, 0.2) is 0 Å². The third-order valence-corrected chi connectivity index (χ3v) is 2.98. The first-order valence-electron chi connectivity index (χ1n) is 5.21. The molecular formula is C10H15ClN4O3. The Hall–Kier alpha value is -1.47. The van der Waals surface area contributed by atoms with Gasteiger partial charge in [-0.25, -0.2) is 4.98 Å². The minimum atomic E-state index is -0.652. The van der Waals surface area contributed by atoms with Crippen LogP contribution in [-0.4, -0.2) is 46.0 Å². The molecule has 0 saturated carbocycles. The molecule has 0 amide bonds. The molecule has 0 aromatic carbocycles. The molecule has 8 heteroatoms. The van der Waals surface area contributed by atoms with Crippen molar-refractivity contribution in [3.8, 4) is 5.88 Å². The highest BCUT2D eigenvalue weighted by molar-refractivity contribution is 6.31. The van der Waals surface area contributed by atoms with Crippen molar-refractivity contribution in [3.63, 3.8) is 0 Å². The number of nitro groups is 1. The van der Waals surface area contributed by atoms with Crippen molar-refractivity contribution in [2.24, 2.45) is 0 Å². The van der Waals surface area contributed by atoms with Gasteiger partial charge in [-0.15, -0.1) is 0 Å². The van der Waals surface area contributed by atoms with Crippen molar-refractivity contribution in [2.75, 3.05) is 20.7 Å². The maximum Gasteiger partial charge on any atom is 0.367 e. The number of rotatable bonds is 5. The third kappa shape index (κ3) is 3.27. The van der Waals surface area contributed by atoms with Gasteiger partial charge in [-0.1, -0.05) is 11.6 Å². The van der Waals surface area contributed by atoms with Crippen LogP contribution in [0.1, 0.15) is 13.8 Å². The van der Waals surface area contributed by atoms with E-state index in [4.69, 9.17) is 16.3 Å². The number of likely N-dealkylation sites (N-methyl/N-ethyl adjacent to an activating group) is 1. The fourth-order valence-corrected chi connectivity index (χ4v) is 1.17. The molecule has 0 bridgehead atoms. The largest absolute Gasteiger partial charge is 0.471 e. The molecule has 0 aliphatic rings. The molecule has 0 radical (unpaired) electrons. The minimum Gasteiger partial charge on any atom is -0.471 e. The van der Waals surface area contributed by atoms with Crippen LogP contribution in [-0.2, 0) is 0 Å². The number of ether oxygens (including phenoxy) is 1. The molecule has 1 aromatic heterocycles. The lowest BCUT2D eigenvalue weighted by Gasteiger charge is -2.31. The molecule has 18 heavy (non-hydrogen) atoms. The number of nitrogens with zero attached hydrogens (tertiary/aromatic N) is 4. The summed E-state index contributed by atoms with van der Waals surface area (Å²) in [5, 5.41) is 10.6. The second kappa shape index (κ2) is 5.45. The zero-order chi connectivity index (χ0) is 13.9. The van der Waals surface area contributed by atoms with Crippen LogP contribution in [0.15, 0.2) is 6.33 Å². The summed E-state index contributed by atoms with van der Waals surface area (Å²) < 4.78 is 5.39. The van der Waals surface area contributed by atoms with Crippen LogP contribution in [0.3, 0.4) is 0 Å². The summed E-state index contributed by atoms with van der Waals surface area (Å²) in [6.45, 7) is 4.14. The first-order chi connectivity index (χ1) is 8.25. The van der Waals surface area contributed by atoms with Gasteiger partial charge < -0.3 is 9.64 Å². The quantitative estimate of drug-likeness (QED) is 0.462. The lowest BCUT2D eigenvalue weighted by Crippen LogP contribution is -2.43. The van der Waals surface area contributed by atoms with Gasteiger partial charge >= 0.3 is 5.69 Å². The van der Waals surface area contributed by atoms with Crippen LogP contribution in [0, 0.1) is 10.1 Å². The molecule has 0 N–H and O–H groups in total. The van der Waals surface area contributed by atoms with E-state index in [1.165, 1.54) is 0 Å². The van der Waals surface area contributed by atoms with Gasteiger partial charge in [-0.3, -0.25) is 10.1 Å². The first kappa shape index (κ1) is 14.6. The molecule has 0 unspecified atom stereocenters. The van der Waals surface area contributed by atoms with Crippen molar-refractivity contribution in [3.05, 3.63) is 21.6 Å². The Balaban J connectivity index is 2.92. The zero-order valence-corrected chi connectivity index (χ0v) is 11.4. The molecular weight excluding hydrogens is 260 g/mol. The molecule has 1 heterocycles. The van der Waals surface area contributed by atoms with Gasteiger partial charge in [0.05, 0.1) is 4.92 Å². The van der Waals surface area contributed by atoms with E-state index >= 15 is 0 Å². The van der Waals surface area contributed by atoms with Crippen LogP contribution in [0.4, 0.5) is 5.69 Å². The van der Waals surface area contributed by atoms with E-state index in [0.29, 0.717) is 0 Å². The van der Waals surface area contributed by atoms with Crippen LogP contribution in [0.2, 0.25) is 5.15 Å². The fraction of sp³-hybridized carbons (Fsp3) is 0.600. The van der Waals surface area contributed by atoms with Crippen molar-refractivity contribution < 1.29 is 9.66 Å². The smallest absolute Gasteiger partial charge is 0.367 e. The van der Waals surface area contributed by atoms with Crippen LogP contribution in [0.25, 0.3) is 0 Å². The molecule has 0 spiro atoms. The highest BCUT2D eigenvalue weighted by Crippen LogP contribution is 2.30. The maximum absolute atomic E-state index is 10.9. The standard InChI is InChI=1S/C10H15ClN4O3/c1-10(2,14(3)4)5-18-9-7(15(16)17)8(11)12-6-13-9/h6H,5H2,1-4H3. The summed E-state index contributed by atoms with van der Waals surface area (Å²) in [5.74, 6) is -0.116. The van der Waals surface area contributed by atoms with E-state index in [-0.39, 0.29) is 23.2 Å². The predicted octanol–water partition coefficient (Wildman–Crippen LogP) is 1.76. The van der Waals surface area contributed by atoms with E-state index < -0.39 is 10.6 Å². The SMILES string of the molecule is CN(C)C(C)(C)COc1ncnc(Cl)c1[N+](=O)[O-]. The van der Waals surface area contributed by atoms with E-state index in [9.17, 15) is 10.1 Å². The predicted molar refractivity (Wildman–Crippen MR) is 67.0 cm³/mol. The summed E-state index contributed by atoms with van der Waals surface area (Å²) in [6, 6.07) is 0. The van der Waals surface area contributed by atoms with E-state index in [2.05, 4.69) is 9.97 Å². The lowest BCUT2D eigenvalue weighted by molar-refractivity contribution is -0.386. The van der Waals surface area contributed by atoms with Gasteiger partial charge in [0, 0.05) is 5.54 Å². The van der Waals surface area contributed by atoms with Gasteiger partial charge in [0.1, 0.15) is 12.9 Å². The van der Waals surface area contributed by atoms with E-state index in [1.807, 2.05) is 32.8 Å². The van der Waals surface area contributed by atoms with Crippen molar-refractivity contribution in [2.45, 2.75) is 19.4 Å². The Bertz CT molecular complexity index is 451. The Kier molecular flexibility index (Phi) is 4.42. The Morgan fingerprint density at radius 3 is 2.61 bits per heavy atom. The summed E-state index contributed by atoms with van der Waals surface area (Å²) in [4.78, 5) is 19.5. The van der Waals surface area contributed by atoms with Gasteiger partial charge in [-0.05, 0) is 27.9 Å². The molecule has 1 rings (SSSR count). The highest BCUT2D eigenvalue weighted by Gasteiger charge is 2.27. The molecule has 0 atom stereocenters. The fourth-order valence-electron chi connectivity index (χ4n) is 0.976. The number of halogens is 1. The van der Waals surface area contributed by atoms with Crippen molar-refractivity contribution in [1.29, 1.82) is 0 Å². The summed E-state index contributed by atoms with van der Waals surface area (Å²) in [7, 11) is 3.79. The second-order valence-electron chi connectivity index (χ2n) is 4.57. The number of aromatic nitrogens is 2. The zero-order valence-electron chi connectivity index (χ0n) is 10.7.